The van der Waals surface area contributed by atoms with Gasteiger partial charge in [-0.3, -0.25) is 9.59 Å². The lowest BCUT2D eigenvalue weighted by Crippen LogP contribution is -2.30. The Balaban J connectivity index is 1.57. The minimum Gasteiger partial charge on any atom is -0.481 e. The van der Waals surface area contributed by atoms with Crippen molar-refractivity contribution in [2.24, 2.45) is 5.92 Å². The number of pyridine rings is 1. The predicted octanol–water partition coefficient (Wildman–Crippen LogP) is 5.58. The Morgan fingerprint density at radius 3 is 2.81 bits per heavy atom. The van der Waals surface area contributed by atoms with Gasteiger partial charge in [0.1, 0.15) is 16.6 Å². The molecule has 2 atom stereocenters. The Bertz CT molecular complexity index is 1130. The molecule has 2 aromatic heterocycles. The second kappa shape index (κ2) is 9.71. The molecule has 0 spiro atoms. The molecule has 3 aromatic rings. The average molecular weight is 470 g/mol. The van der Waals surface area contributed by atoms with E-state index in [1.807, 2.05) is 6.07 Å². The van der Waals surface area contributed by atoms with Crippen molar-refractivity contribution < 1.29 is 14.3 Å². The third-order valence-corrected chi connectivity index (χ3v) is 6.77. The van der Waals surface area contributed by atoms with Crippen LogP contribution in [-0.2, 0) is 17.6 Å². The number of aromatic nitrogens is 1. The van der Waals surface area contributed by atoms with E-state index in [0.717, 1.165) is 29.7 Å². The molecule has 4 rings (SSSR count). The number of carbonyl (C=O) groups excluding carboxylic acids is 2. The molecule has 32 heavy (non-hydrogen) atoms. The van der Waals surface area contributed by atoms with Crippen molar-refractivity contribution in [3.63, 3.8) is 0 Å². The maximum Gasteiger partial charge on any atom is 0.265 e. The number of hydrogen-bond acceptors (Lipinski definition) is 5. The number of nitrogens with zero attached hydrogens (tertiary/aromatic N) is 1. The van der Waals surface area contributed by atoms with Crippen LogP contribution in [0.25, 0.3) is 0 Å². The van der Waals surface area contributed by atoms with Crippen LogP contribution in [0.2, 0.25) is 5.02 Å². The number of thiophene rings is 1. The molecule has 0 unspecified atom stereocenters. The van der Waals surface area contributed by atoms with Gasteiger partial charge in [0, 0.05) is 16.1 Å². The van der Waals surface area contributed by atoms with Gasteiger partial charge in [-0.2, -0.15) is 0 Å². The maximum absolute atomic E-state index is 13.2. The molecule has 8 heteroatoms. The van der Waals surface area contributed by atoms with Gasteiger partial charge in [0.2, 0.25) is 0 Å². The van der Waals surface area contributed by atoms with Crippen LogP contribution in [-0.4, -0.2) is 22.9 Å². The fourth-order valence-corrected chi connectivity index (χ4v) is 5.30. The first-order valence-corrected chi connectivity index (χ1v) is 11.7. The van der Waals surface area contributed by atoms with Crippen LogP contribution in [0.3, 0.4) is 0 Å². The number of halogens is 1. The van der Waals surface area contributed by atoms with Gasteiger partial charge < -0.3 is 15.4 Å². The fraction of sp³-hybridized carbons (Fsp3) is 0.292. The fourth-order valence-electron chi connectivity index (χ4n) is 3.71. The van der Waals surface area contributed by atoms with Crippen molar-refractivity contribution in [3.05, 3.63) is 69.7 Å². The van der Waals surface area contributed by atoms with E-state index in [1.54, 1.807) is 49.5 Å². The van der Waals surface area contributed by atoms with E-state index < -0.39 is 6.10 Å². The molecule has 2 N–H and O–H groups in total. The lowest BCUT2D eigenvalue weighted by atomic mass is 9.88. The molecule has 2 heterocycles. The Morgan fingerprint density at radius 2 is 2.06 bits per heavy atom. The predicted molar refractivity (Wildman–Crippen MR) is 128 cm³/mol. The van der Waals surface area contributed by atoms with Gasteiger partial charge in [-0.25, -0.2) is 4.98 Å². The highest BCUT2D eigenvalue weighted by atomic mass is 35.5. The maximum atomic E-state index is 13.2. The van der Waals surface area contributed by atoms with Crippen molar-refractivity contribution in [1.29, 1.82) is 0 Å². The van der Waals surface area contributed by atoms with Crippen LogP contribution >= 0.6 is 22.9 Å². The van der Waals surface area contributed by atoms with Crippen LogP contribution in [0.1, 0.15) is 41.1 Å². The van der Waals surface area contributed by atoms with Gasteiger partial charge in [0.25, 0.3) is 11.8 Å². The zero-order valence-electron chi connectivity index (χ0n) is 17.9. The Morgan fingerprint density at radius 1 is 1.22 bits per heavy atom. The largest absolute Gasteiger partial charge is 0.481 e. The number of fused-ring (bicyclic) bond motifs is 1. The molecule has 1 aromatic carbocycles. The van der Waals surface area contributed by atoms with E-state index in [4.69, 9.17) is 16.3 Å². The van der Waals surface area contributed by atoms with Crippen molar-refractivity contribution in [3.8, 4) is 5.75 Å². The normalized spacial score (nSPS) is 16.0. The molecule has 1 aliphatic carbocycles. The lowest BCUT2D eigenvalue weighted by Gasteiger charge is -2.18. The number of anilines is 2. The van der Waals surface area contributed by atoms with Crippen molar-refractivity contribution in [2.45, 2.75) is 39.2 Å². The molecule has 1 aliphatic rings. The number of nitrogens with one attached hydrogen (secondary N) is 2. The SMILES string of the molecule is C[C@@H]1CCc2c(sc(NC(=O)[C@H](C)Oc3cccc(Cl)c3)c2C(=O)Nc2ccccn2)C1. The topological polar surface area (TPSA) is 80.3 Å². The first-order valence-electron chi connectivity index (χ1n) is 10.5. The van der Waals surface area contributed by atoms with E-state index in [1.165, 1.54) is 11.3 Å². The van der Waals surface area contributed by atoms with Gasteiger partial charge in [-0.15, -0.1) is 11.3 Å². The van der Waals surface area contributed by atoms with Crippen molar-refractivity contribution in [2.75, 3.05) is 10.6 Å². The molecule has 0 aliphatic heterocycles. The Kier molecular flexibility index (Phi) is 6.77. The minimum absolute atomic E-state index is 0.269. The lowest BCUT2D eigenvalue weighted by molar-refractivity contribution is -0.122. The number of carbonyl (C=O) groups is 2. The number of hydrogen-bond donors (Lipinski definition) is 2. The van der Waals surface area contributed by atoms with Gasteiger partial charge in [0.15, 0.2) is 6.10 Å². The van der Waals surface area contributed by atoms with Gasteiger partial charge in [-0.1, -0.05) is 30.7 Å². The first-order chi connectivity index (χ1) is 15.4. The molecule has 166 valence electrons. The monoisotopic (exact) mass is 469 g/mol. The molecule has 0 radical (unpaired) electrons. The summed E-state index contributed by atoms with van der Waals surface area (Å²) in [7, 11) is 0. The summed E-state index contributed by atoms with van der Waals surface area (Å²) in [5, 5.41) is 6.85. The molecular weight excluding hydrogens is 446 g/mol. The average Bonchev–Trinajstić information content (AvgIpc) is 3.11. The van der Waals surface area contributed by atoms with Crippen LogP contribution < -0.4 is 15.4 Å². The molecule has 0 bridgehead atoms. The highest BCUT2D eigenvalue weighted by Gasteiger charge is 2.29. The van der Waals surface area contributed by atoms with E-state index >= 15 is 0 Å². The van der Waals surface area contributed by atoms with Crippen molar-refractivity contribution in [1.82, 2.24) is 4.98 Å². The summed E-state index contributed by atoms with van der Waals surface area (Å²) in [6, 6.07) is 12.2. The zero-order chi connectivity index (χ0) is 22.7. The smallest absolute Gasteiger partial charge is 0.265 e. The molecule has 6 nitrogen and oxygen atoms in total. The van der Waals surface area contributed by atoms with Crippen LogP contribution in [0, 0.1) is 5.92 Å². The standard InChI is InChI=1S/C24H24ClN3O3S/c1-14-9-10-18-19(12-14)32-24(21(18)23(30)27-20-8-3-4-11-26-20)28-22(29)15(2)31-17-7-5-6-16(25)13-17/h3-8,11,13-15H,9-10,12H2,1-2H3,(H,28,29)(H,26,27,30)/t14-,15+/m1/s1. The quantitative estimate of drug-likeness (QED) is 0.493. The van der Waals surface area contributed by atoms with Crippen LogP contribution in [0.4, 0.5) is 10.8 Å². The molecule has 0 saturated heterocycles. The summed E-state index contributed by atoms with van der Waals surface area (Å²) in [4.78, 5) is 31.4. The van der Waals surface area contributed by atoms with Crippen LogP contribution in [0.15, 0.2) is 48.7 Å². The summed E-state index contributed by atoms with van der Waals surface area (Å²) < 4.78 is 5.74. The minimum atomic E-state index is -0.766. The summed E-state index contributed by atoms with van der Waals surface area (Å²) >= 11 is 7.47. The highest BCUT2D eigenvalue weighted by molar-refractivity contribution is 7.17. The number of ether oxygens (including phenoxy) is 1. The van der Waals surface area contributed by atoms with Gasteiger partial charge in [0.05, 0.1) is 5.56 Å². The third kappa shape index (κ3) is 5.11. The van der Waals surface area contributed by atoms with E-state index in [9.17, 15) is 9.59 Å². The summed E-state index contributed by atoms with van der Waals surface area (Å²) in [5.74, 6) is 0.920. The van der Waals surface area contributed by atoms with Crippen LogP contribution in [0.5, 0.6) is 5.75 Å². The Hall–Kier alpha value is -2.90. The molecule has 0 fully saturated rings. The second-order valence-electron chi connectivity index (χ2n) is 7.93. The third-order valence-electron chi connectivity index (χ3n) is 5.36. The molecule has 0 saturated carbocycles. The molecule has 2 amide bonds. The van der Waals surface area contributed by atoms with Crippen molar-refractivity contribution >= 4 is 45.6 Å². The van der Waals surface area contributed by atoms with Gasteiger partial charge in [-0.05, 0) is 68.0 Å². The number of amides is 2. The number of rotatable bonds is 6. The number of benzene rings is 1. The first kappa shape index (κ1) is 22.3. The second-order valence-corrected chi connectivity index (χ2v) is 9.47. The van der Waals surface area contributed by atoms with E-state index in [2.05, 4.69) is 22.5 Å². The van der Waals surface area contributed by atoms with Gasteiger partial charge >= 0.3 is 0 Å². The molecular formula is C24H24ClN3O3S. The Labute approximate surface area is 196 Å². The van der Waals surface area contributed by atoms with E-state index in [-0.39, 0.29) is 11.8 Å². The highest BCUT2D eigenvalue weighted by Crippen LogP contribution is 2.40. The zero-order valence-corrected chi connectivity index (χ0v) is 19.4. The summed E-state index contributed by atoms with van der Waals surface area (Å²) in [6.45, 7) is 3.87. The summed E-state index contributed by atoms with van der Waals surface area (Å²) in [5.41, 5.74) is 1.53. The van der Waals surface area contributed by atoms with E-state index in [0.29, 0.717) is 33.1 Å². The summed E-state index contributed by atoms with van der Waals surface area (Å²) in [6.07, 6.45) is 3.57.